The van der Waals surface area contributed by atoms with Crippen molar-refractivity contribution in [2.75, 3.05) is 0 Å². The molecule has 0 saturated carbocycles. The van der Waals surface area contributed by atoms with Gasteiger partial charge in [-0.25, -0.2) is 9.59 Å². The molecule has 0 aliphatic rings. The Morgan fingerprint density at radius 2 is 1.70 bits per heavy atom. The lowest BCUT2D eigenvalue weighted by Crippen LogP contribution is -2.58. The number of carbonyl (C=O) groups excluding carboxylic acids is 1. The largest absolute Gasteiger partial charge is 0.479 e. The van der Waals surface area contributed by atoms with E-state index in [9.17, 15) is 14.7 Å². The number of carboxylic acid groups (broad SMARTS) is 1. The van der Waals surface area contributed by atoms with Gasteiger partial charge in [-0.2, -0.15) is 0 Å². The van der Waals surface area contributed by atoms with Crippen molar-refractivity contribution < 1.29 is 19.4 Å². The Hall–Kier alpha value is -1.88. The van der Waals surface area contributed by atoms with E-state index < -0.39 is 23.1 Å². The SMILES string of the molecule is CCc1ccc(CC(N)(C(=O)O)C(=O)OC(C)(C)C)cc1CC. The van der Waals surface area contributed by atoms with Crippen LogP contribution in [0.4, 0.5) is 0 Å². The molecule has 0 saturated heterocycles. The predicted molar refractivity (Wildman–Crippen MR) is 89.3 cm³/mol. The van der Waals surface area contributed by atoms with Crippen LogP contribution >= 0.6 is 0 Å². The number of aryl methyl sites for hydroxylation is 2. The van der Waals surface area contributed by atoms with Crippen LogP contribution in [0.15, 0.2) is 18.2 Å². The normalized spacial score (nSPS) is 14.2. The van der Waals surface area contributed by atoms with Gasteiger partial charge in [0.2, 0.25) is 5.54 Å². The van der Waals surface area contributed by atoms with E-state index >= 15 is 0 Å². The van der Waals surface area contributed by atoms with Crippen LogP contribution in [-0.2, 0) is 33.6 Å². The van der Waals surface area contributed by atoms with Crippen LogP contribution in [0.2, 0.25) is 0 Å². The minimum atomic E-state index is -2.09. The highest BCUT2D eigenvalue weighted by Crippen LogP contribution is 2.21. The smallest absolute Gasteiger partial charge is 0.338 e. The van der Waals surface area contributed by atoms with Gasteiger partial charge in [-0.3, -0.25) is 0 Å². The first kappa shape index (κ1) is 19.2. The molecule has 1 aromatic carbocycles. The van der Waals surface area contributed by atoms with E-state index in [1.807, 2.05) is 25.1 Å². The van der Waals surface area contributed by atoms with Crippen LogP contribution in [-0.4, -0.2) is 28.2 Å². The molecule has 0 fully saturated rings. The van der Waals surface area contributed by atoms with Crippen molar-refractivity contribution in [1.29, 1.82) is 0 Å². The first-order valence-electron chi connectivity index (χ1n) is 7.90. The lowest BCUT2D eigenvalue weighted by atomic mass is 9.89. The molecule has 0 aromatic heterocycles. The highest BCUT2D eigenvalue weighted by molar-refractivity contribution is 6.04. The predicted octanol–water partition coefficient (Wildman–Crippen LogP) is 2.48. The summed E-state index contributed by atoms with van der Waals surface area (Å²) in [6, 6.07) is 5.71. The van der Waals surface area contributed by atoms with Crippen LogP contribution in [0.1, 0.15) is 51.3 Å². The molecule has 0 amide bonds. The average molecular weight is 321 g/mol. The molecule has 0 bridgehead atoms. The summed E-state index contributed by atoms with van der Waals surface area (Å²) in [6.07, 6.45) is 1.64. The molecule has 5 heteroatoms. The zero-order valence-electron chi connectivity index (χ0n) is 14.6. The molecule has 1 atom stereocenters. The summed E-state index contributed by atoms with van der Waals surface area (Å²) in [4.78, 5) is 23.9. The number of nitrogens with two attached hydrogens (primary N) is 1. The van der Waals surface area contributed by atoms with Crippen LogP contribution in [0.3, 0.4) is 0 Å². The minimum absolute atomic E-state index is 0.103. The first-order valence-corrected chi connectivity index (χ1v) is 7.90. The number of hydrogen-bond acceptors (Lipinski definition) is 4. The van der Waals surface area contributed by atoms with Crippen LogP contribution in [0, 0.1) is 0 Å². The van der Waals surface area contributed by atoms with E-state index in [0.717, 1.165) is 24.0 Å². The maximum absolute atomic E-state index is 12.3. The minimum Gasteiger partial charge on any atom is -0.479 e. The second-order valence-corrected chi connectivity index (χ2v) is 6.77. The summed E-state index contributed by atoms with van der Waals surface area (Å²) in [7, 11) is 0. The third kappa shape index (κ3) is 4.79. The molecule has 0 radical (unpaired) electrons. The maximum Gasteiger partial charge on any atom is 0.338 e. The van der Waals surface area contributed by atoms with E-state index in [0.29, 0.717) is 0 Å². The summed E-state index contributed by atoms with van der Waals surface area (Å²) < 4.78 is 5.19. The number of hydrogen-bond donors (Lipinski definition) is 2. The molecule has 1 rings (SSSR count). The fourth-order valence-corrected chi connectivity index (χ4v) is 2.39. The third-order valence-electron chi connectivity index (χ3n) is 3.66. The zero-order chi connectivity index (χ0) is 17.8. The Morgan fingerprint density at radius 3 is 2.13 bits per heavy atom. The standard InChI is InChI=1S/C18H27NO4/c1-6-13-9-8-12(10-14(13)7-2)11-18(19,15(20)21)16(22)23-17(3,4)5/h8-10H,6-7,11,19H2,1-5H3,(H,20,21). The summed E-state index contributed by atoms with van der Waals surface area (Å²) in [5.74, 6) is -2.31. The molecule has 23 heavy (non-hydrogen) atoms. The molecule has 128 valence electrons. The molecule has 3 N–H and O–H groups in total. The van der Waals surface area contributed by atoms with E-state index in [-0.39, 0.29) is 6.42 Å². The molecule has 5 nitrogen and oxygen atoms in total. The third-order valence-corrected chi connectivity index (χ3v) is 3.66. The van der Waals surface area contributed by atoms with E-state index in [1.54, 1.807) is 20.8 Å². The van der Waals surface area contributed by atoms with Gasteiger partial charge in [0.05, 0.1) is 0 Å². The van der Waals surface area contributed by atoms with Gasteiger partial charge in [0.15, 0.2) is 0 Å². The van der Waals surface area contributed by atoms with Gasteiger partial charge in [0.1, 0.15) is 5.60 Å². The molecule has 1 aromatic rings. The van der Waals surface area contributed by atoms with Crippen molar-refractivity contribution in [3.8, 4) is 0 Å². The number of aliphatic carboxylic acids is 1. The topological polar surface area (TPSA) is 89.6 Å². The van der Waals surface area contributed by atoms with E-state index in [2.05, 4.69) is 6.92 Å². The molecule has 0 spiro atoms. The molecule has 0 heterocycles. The number of esters is 1. The van der Waals surface area contributed by atoms with Crippen LogP contribution in [0.25, 0.3) is 0 Å². The van der Waals surface area contributed by atoms with Crippen molar-refractivity contribution in [2.24, 2.45) is 5.73 Å². The Morgan fingerprint density at radius 1 is 1.13 bits per heavy atom. The number of ether oxygens (including phenoxy) is 1. The highest BCUT2D eigenvalue weighted by atomic mass is 16.6. The van der Waals surface area contributed by atoms with Gasteiger partial charge < -0.3 is 15.6 Å². The van der Waals surface area contributed by atoms with Crippen LogP contribution < -0.4 is 5.73 Å². The van der Waals surface area contributed by atoms with Crippen molar-refractivity contribution in [3.63, 3.8) is 0 Å². The Balaban J connectivity index is 3.13. The van der Waals surface area contributed by atoms with Crippen molar-refractivity contribution >= 4 is 11.9 Å². The molecule has 1 unspecified atom stereocenters. The van der Waals surface area contributed by atoms with Crippen molar-refractivity contribution in [2.45, 2.75) is 65.0 Å². The van der Waals surface area contributed by atoms with Gasteiger partial charge >= 0.3 is 11.9 Å². The Bertz CT molecular complexity index is 589. The number of rotatable bonds is 6. The lowest BCUT2D eigenvalue weighted by molar-refractivity contribution is -0.169. The molecule has 0 aliphatic heterocycles. The van der Waals surface area contributed by atoms with Gasteiger partial charge in [-0.05, 0) is 50.3 Å². The fraction of sp³-hybridized carbons (Fsp3) is 0.556. The Kier molecular flexibility index (Phi) is 5.94. The summed E-state index contributed by atoms with van der Waals surface area (Å²) >= 11 is 0. The monoisotopic (exact) mass is 321 g/mol. The fourth-order valence-electron chi connectivity index (χ4n) is 2.39. The number of carboxylic acids is 1. The van der Waals surface area contributed by atoms with Gasteiger partial charge in [-0.1, -0.05) is 32.0 Å². The van der Waals surface area contributed by atoms with E-state index in [4.69, 9.17) is 10.5 Å². The lowest BCUT2D eigenvalue weighted by Gasteiger charge is -2.28. The van der Waals surface area contributed by atoms with Crippen molar-refractivity contribution in [3.05, 3.63) is 34.9 Å². The second-order valence-electron chi connectivity index (χ2n) is 6.77. The van der Waals surface area contributed by atoms with Gasteiger partial charge in [0, 0.05) is 6.42 Å². The zero-order valence-corrected chi connectivity index (χ0v) is 14.6. The highest BCUT2D eigenvalue weighted by Gasteiger charge is 2.45. The summed E-state index contributed by atoms with van der Waals surface area (Å²) in [6.45, 7) is 9.15. The maximum atomic E-state index is 12.3. The average Bonchev–Trinajstić information content (AvgIpc) is 2.44. The molecular weight excluding hydrogens is 294 g/mol. The summed E-state index contributed by atoms with van der Waals surface area (Å²) in [5, 5.41) is 9.46. The quantitative estimate of drug-likeness (QED) is 0.620. The van der Waals surface area contributed by atoms with Gasteiger partial charge in [-0.15, -0.1) is 0 Å². The molecule has 0 aliphatic carbocycles. The van der Waals surface area contributed by atoms with Gasteiger partial charge in [0.25, 0.3) is 0 Å². The first-order chi connectivity index (χ1) is 10.5. The summed E-state index contributed by atoms with van der Waals surface area (Å²) in [5.41, 5.74) is 6.10. The second kappa shape index (κ2) is 7.13. The van der Waals surface area contributed by atoms with Crippen LogP contribution in [0.5, 0.6) is 0 Å². The number of carbonyl (C=O) groups is 2. The Labute approximate surface area is 137 Å². The van der Waals surface area contributed by atoms with Crippen molar-refractivity contribution in [1.82, 2.24) is 0 Å². The molecular formula is C18H27NO4. The number of benzene rings is 1. The van der Waals surface area contributed by atoms with E-state index in [1.165, 1.54) is 5.56 Å².